The average molecular weight is 265 g/mol. The highest BCUT2D eigenvalue weighted by atomic mass is 32.1. The summed E-state index contributed by atoms with van der Waals surface area (Å²) < 4.78 is 0. The Bertz CT molecular complexity index is 632. The summed E-state index contributed by atoms with van der Waals surface area (Å²) in [6, 6.07) is 4.26. The van der Waals surface area contributed by atoms with Crippen LogP contribution in [0.2, 0.25) is 0 Å². The maximum Gasteiger partial charge on any atom is 0.304 e. The molecule has 0 spiro atoms. The summed E-state index contributed by atoms with van der Waals surface area (Å²) in [4.78, 5) is 25.0. The number of carbonyl (C=O) groups is 1. The summed E-state index contributed by atoms with van der Waals surface area (Å²) in [5.74, 6) is -0.482. The van der Waals surface area contributed by atoms with Gasteiger partial charge in [0.25, 0.3) is 5.91 Å². The van der Waals surface area contributed by atoms with Gasteiger partial charge in [0.05, 0.1) is 12.2 Å². The number of aromatic amines is 1. The van der Waals surface area contributed by atoms with Crippen molar-refractivity contribution in [2.45, 2.75) is 6.54 Å². The van der Waals surface area contributed by atoms with Crippen LogP contribution in [0, 0.1) is 0 Å². The highest BCUT2D eigenvalue weighted by Crippen LogP contribution is 2.20. The van der Waals surface area contributed by atoms with Crippen molar-refractivity contribution in [3.8, 4) is 5.75 Å². The Labute approximate surface area is 106 Å². The second-order valence-corrected chi connectivity index (χ2v) is 4.47. The number of nitrogens with one attached hydrogen (secondary N) is 2. The van der Waals surface area contributed by atoms with Crippen LogP contribution in [0.3, 0.4) is 0 Å². The predicted molar refractivity (Wildman–Crippen MR) is 68.6 cm³/mol. The monoisotopic (exact) mass is 265 g/mol. The van der Waals surface area contributed by atoms with Crippen molar-refractivity contribution >= 4 is 22.9 Å². The van der Waals surface area contributed by atoms with Crippen LogP contribution in [-0.4, -0.2) is 16.0 Å². The zero-order valence-corrected chi connectivity index (χ0v) is 10.1. The van der Waals surface area contributed by atoms with Crippen LogP contribution in [0.4, 0.5) is 5.69 Å². The van der Waals surface area contributed by atoms with Gasteiger partial charge in [-0.15, -0.1) is 0 Å². The number of H-pyrrole nitrogens is 1. The van der Waals surface area contributed by atoms with E-state index in [1.807, 2.05) is 0 Å². The molecule has 0 saturated heterocycles. The standard InChI is InChI=1S/C11H11N3O3S/c12-8-2-1-6(3-9(8)15)10(16)13-4-7-5-18-11(17)14-7/h1-3,5,15H,4,12H2,(H,13,16)(H,14,17). The van der Waals surface area contributed by atoms with Gasteiger partial charge < -0.3 is 21.1 Å². The van der Waals surface area contributed by atoms with Crippen molar-refractivity contribution < 1.29 is 9.90 Å². The van der Waals surface area contributed by atoms with Gasteiger partial charge in [-0.2, -0.15) is 0 Å². The molecule has 5 N–H and O–H groups in total. The van der Waals surface area contributed by atoms with E-state index in [4.69, 9.17) is 5.73 Å². The molecule has 0 fully saturated rings. The lowest BCUT2D eigenvalue weighted by molar-refractivity contribution is 0.0950. The summed E-state index contributed by atoms with van der Waals surface area (Å²) in [7, 11) is 0. The minimum atomic E-state index is -0.350. The van der Waals surface area contributed by atoms with Crippen molar-refractivity contribution in [2.75, 3.05) is 5.73 Å². The molecule has 2 aromatic rings. The van der Waals surface area contributed by atoms with Crippen LogP contribution in [0.1, 0.15) is 16.1 Å². The van der Waals surface area contributed by atoms with Crippen LogP contribution in [0.25, 0.3) is 0 Å². The third-order valence-corrected chi connectivity index (χ3v) is 3.02. The Morgan fingerprint density at radius 3 is 2.89 bits per heavy atom. The number of nitrogen functional groups attached to an aromatic ring is 1. The van der Waals surface area contributed by atoms with E-state index in [0.717, 1.165) is 11.3 Å². The van der Waals surface area contributed by atoms with Crippen molar-refractivity contribution in [1.82, 2.24) is 10.3 Å². The third-order valence-electron chi connectivity index (χ3n) is 2.30. The third kappa shape index (κ3) is 2.69. The molecule has 1 heterocycles. The largest absolute Gasteiger partial charge is 0.506 e. The Morgan fingerprint density at radius 2 is 2.28 bits per heavy atom. The van der Waals surface area contributed by atoms with Crippen molar-refractivity contribution in [2.24, 2.45) is 0 Å². The SMILES string of the molecule is Nc1ccc(C(=O)NCc2csc(=O)[nH]2)cc1O. The van der Waals surface area contributed by atoms with Gasteiger partial charge in [0, 0.05) is 16.6 Å². The molecular weight excluding hydrogens is 254 g/mol. The number of thiazole rings is 1. The van der Waals surface area contributed by atoms with Crippen LogP contribution in [0.15, 0.2) is 28.4 Å². The molecular formula is C11H11N3O3S. The number of phenols is 1. The number of anilines is 1. The molecule has 0 aliphatic rings. The van der Waals surface area contributed by atoms with E-state index < -0.39 is 0 Å². The number of nitrogens with two attached hydrogens (primary N) is 1. The number of hydrogen-bond acceptors (Lipinski definition) is 5. The van der Waals surface area contributed by atoms with E-state index >= 15 is 0 Å². The van der Waals surface area contributed by atoms with E-state index in [-0.39, 0.29) is 28.8 Å². The van der Waals surface area contributed by atoms with Crippen molar-refractivity contribution in [1.29, 1.82) is 0 Å². The number of aromatic hydroxyl groups is 1. The van der Waals surface area contributed by atoms with Gasteiger partial charge in [-0.05, 0) is 18.2 Å². The summed E-state index contributed by atoms with van der Waals surface area (Å²) in [5.41, 5.74) is 6.59. The molecule has 0 aliphatic carbocycles. The van der Waals surface area contributed by atoms with E-state index in [0.29, 0.717) is 11.3 Å². The summed E-state index contributed by atoms with van der Waals surface area (Å²) in [6.07, 6.45) is 0. The molecule has 0 radical (unpaired) electrons. The van der Waals surface area contributed by atoms with Gasteiger partial charge in [0.1, 0.15) is 5.75 Å². The first kappa shape index (κ1) is 12.2. The van der Waals surface area contributed by atoms with Crippen molar-refractivity contribution in [3.63, 3.8) is 0 Å². The second kappa shape index (κ2) is 4.92. The molecule has 0 bridgehead atoms. The molecule has 1 aromatic heterocycles. The fourth-order valence-corrected chi connectivity index (χ4v) is 1.94. The fourth-order valence-electron chi connectivity index (χ4n) is 1.36. The smallest absolute Gasteiger partial charge is 0.304 e. The molecule has 0 aliphatic heterocycles. The number of rotatable bonds is 3. The Kier molecular flexibility index (Phi) is 3.33. The maximum atomic E-state index is 11.7. The number of phenolic OH excluding ortho intramolecular Hbond substituents is 1. The lowest BCUT2D eigenvalue weighted by Gasteiger charge is -2.05. The van der Waals surface area contributed by atoms with Gasteiger partial charge >= 0.3 is 4.87 Å². The summed E-state index contributed by atoms with van der Waals surface area (Å²) >= 11 is 1.04. The van der Waals surface area contributed by atoms with E-state index in [1.54, 1.807) is 5.38 Å². The van der Waals surface area contributed by atoms with Crippen LogP contribution < -0.4 is 15.9 Å². The number of hydrogen-bond donors (Lipinski definition) is 4. The molecule has 7 heteroatoms. The second-order valence-electron chi connectivity index (χ2n) is 3.63. The first-order chi connectivity index (χ1) is 8.56. The summed E-state index contributed by atoms with van der Waals surface area (Å²) in [5, 5.41) is 13.6. The highest BCUT2D eigenvalue weighted by Gasteiger charge is 2.08. The van der Waals surface area contributed by atoms with Crippen molar-refractivity contribution in [3.05, 3.63) is 44.5 Å². The highest BCUT2D eigenvalue weighted by molar-refractivity contribution is 7.07. The minimum Gasteiger partial charge on any atom is -0.506 e. The molecule has 6 nitrogen and oxygen atoms in total. The zero-order chi connectivity index (χ0) is 13.1. The Morgan fingerprint density at radius 1 is 1.50 bits per heavy atom. The zero-order valence-electron chi connectivity index (χ0n) is 9.27. The number of amides is 1. The first-order valence-electron chi connectivity index (χ1n) is 5.09. The number of aromatic nitrogens is 1. The fraction of sp³-hybridized carbons (Fsp3) is 0.0909. The van der Waals surface area contributed by atoms with Gasteiger partial charge in [-0.25, -0.2) is 0 Å². The molecule has 2 rings (SSSR count). The van der Waals surface area contributed by atoms with Gasteiger partial charge in [-0.3, -0.25) is 9.59 Å². The predicted octanol–water partition coefficient (Wildman–Crippen LogP) is 0.654. The first-order valence-corrected chi connectivity index (χ1v) is 5.97. The molecule has 1 aromatic carbocycles. The van der Waals surface area contributed by atoms with Crippen LogP contribution in [0.5, 0.6) is 5.75 Å². The van der Waals surface area contributed by atoms with Gasteiger partial charge in [0.2, 0.25) is 0 Å². The molecule has 94 valence electrons. The molecule has 0 unspecified atom stereocenters. The van der Waals surface area contributed by atoms with Gasteiger partial charge in [-0.1, -0.05) is 11.3 Å². The molecule has 0 atom stereocenters. The van der Waals surface area contributed by atoms with Gasteiger partial charge in [0.15, 0.2) is 0 Å². The Hall–Kier alpha value is -2.28. The molecule has 18 heavy (non-hydrogen) atoms. The number of carbonyl (C=O) groups excluding carboxylic acids is 1. The van der Waals surface area contributed by atoms with E-state index in [1.165, 1.54) is 18.2 Å². The average Bonchev–Trinajstić information content (AvgIpc) is 2.75. The van der Waals surface area contributed by atoms with E-state index in [2.05, 4.69) is 10.3 Å². The van der Waals surface area contributed by atoms with Crippen LogP contribution in [-0.2, 0) is 6.54 Å². The quantitative estimate of drug-likeness (QED) is 0.482. The van der Waals surface area contributed by atoms with Crippen LogP contribution >= 0.6 is 11.3 Å². The molecule has 0 saturated carbocycles. The normalized spacial score (nSPS) is 10.2. The maximum absolute atomic E-state index is 11.7. The number of benzene rings is 1. The Balaban J connectivity index is 2.03. The lowest BCUT2D eigenvalue weighted by atomic mass is 10.2. The minimum absolute atomic E-state index is 0.133. The lowest BCUT2D eigenvalue weighted by Crippen LogP contribution is -2.23. The molecule has 1 amide bonds. The summed E-state index contributed by atoms with van der Waals surface area (Å²) in [6.45, 7) is 0.225. The topological polar surface area (TPSA) is 108 Å². The van der Waals surface area contributed by atoms with E-state index in [9.17, 15) is 14.7 Å².